The number of benzene rings is 4. The van der Waals surface area contributed by atoms with Gasteiger partial charge in [-0.25, -0.2) is 0 Å². The first kappa shape index (κ1) is 14.4. The monoisotopic (exact) mass is 303 g/mol. The maximum Gasteiger partial charge on any atom is 0.0755 e. The van der Waals surface area contributed by atoms with Crippen molar-refractivity contribution in [3.8, 4) is 0 Å². The Balaban J connectivity index is 2.07. The molecule has 2 nitrogen and oxygen atoms in total. The van der Waals surface area contributed by atoms with Gasteiger partial charge in [-0.2, -0.15) is 0 Å². The molecule has 0 amide bonds. The standard InChI is InChI=1S/C21H21NO/c1-12(2)21(23)20(22)17-11-9-15-7-6-13-4-3-5-14-8-10-16(17)19(15)18(13)14/h3-12,20-21,23H,22H2,1-2H3/t20-,21+/m1/s1. The van der Waals surface area contributed by atoms with E-state index < -0.39 is 6.10 Å². The van der Waals surface area contributed by atoms with Crippen LogP contribution in [0, 0.1) is 5.92 Å². The van der Waals surface area contributed by atoms with Crippen LogP contribution in [0.15, 0.2) is 54.6 Å². The molecule has 0 aliphatic carbocycles. The molecule has 0 aliphatic rings. The second-order valence-electron chi connectivity index (χ2n) is 6.77. The minimum Gasteiger partial charge on any atom is -0.391 e. The summed E-state index contributed by atoms with van der Waals surface area (Å²) >= 11 is 0. The van der Waals surface area contributed by atoms with Gasteiger partial charge in [-0.15, -0.1) is 0 Å². The van der Waals surface area contributed by atoms with Crippen LogP contribution in [0.3, 0.4) is 0 Å². The summed E-state index contributed by atoms with van der Waals surface area (Å²) in [6.07, 6.45) is -0.548. The van der Waals surface area contributed by atoms with E-state index in [2.05, 4.69) is 54.6 Å². The highest BCUT2D eigenvalue weighted by Gasteiger charge is 2.22. The lowest BCUT2D eigenvalue weighted by atomic mass is 9.87. The third kappa shape index (κ3) is 2.10. The molecule has 0 aromatic heterocycles. The van der Waals surface area contributed by atoms with E-state index in [-0.39, 0.29) is 12.0 Å². The fraction of sp³-hybridized carbons (Fsp3) is 0.238. The molecule has 0 aliphatic heterocycles. The molecule has 4 aromatic carbocycles. The van der Waals surface area contributed by atoms with Crippen molar-refractivity contribution in [2.75, 3.05) is 0 Å². The molecule has 0 heterocycles. The molecule has 0 saturated heterocycles. The molecule has 0 fully saturated rings. The van der Waals surface area contributed by atoms with Gasteiger partial charge in [0.25, 0.3) is 0 Å². The Morgan fingerprint density at radius 3 is 2.00 bits per heavy atom. The predicted octanol–water partition coefficient (Wildman–Crippen LogP) is 4.60. The second kappa shape index (κ2) is 5.19. The molecular formula is C21H21NO. The lowest BCUT2D eigenvalue weighted by molar-refractivity contribution is 0.0984. The van der Waals surface area contributed by atoms with Crippen LogP contribution >= 0.6 is 0 Å². The number of hydrogen-bond donors (Lipinski definition) is 2. The molecule has 2 atom stereocenters. The molecule has 0 saturated carbocycles. The van der Waals surface area contributed by atoms with Crippen molar-refractivity contribution >= 4 is 32.3 Å². The summed E-state index contributed by atoms with van der Waals surface area (Å²) in [6, 6.07) is 18.8. The summed E-state index contributed by atoms with van der Waals surface area (Å²) in [5, 5.41) is 17.8. The summed E-state index contributed by atoms with van der Waals surface area (Å²) in [4.78, 5) is 0. The third-order valence-electron chi connectivity index (χ3n) is 4.97. The van der Waals surface area contributed by atoms with E-state index in [1.54, 1.807) is 0 Å². The van der Waals surface area contributed by atoms with Gasteiger partial charge in [0.1, 0.15) is 0 Å². The van der Waals surface area contributed by atoms with Gasteiger partial charge in [-0.1, -0.05) is 68.4 Å². The summed E-state index contributed by atoms with van der Waals surface area (Å²) < 4.78 is 0. The van der Waals surface area contributed by atoms with Gasteiger partial charge < -0.3 is 10.8 Å². The first-order chi connectivity index (χ1) is 11.1. The van der Waals surface area contributed by atoms with Crippen molar-refractivity contribution in [3.63, 3.8) is 0 Å². The minimum absolute atomic E-state index is 0.128. The van der Waals surface area contributed by atoms with E-state index in [4.69, 9.17) is 5.73 Å². The van der Waals surface area contributed by atoms with E-state index in [0.717, 1.165) is 10.9 Å². The van der Waals surface area contributed by atoms with E-state index in [9.17, 15) is 5.11 Å². The van der Waals surface area contributed by atoms with E-state index in [0.29, 0.717) is 0 Å². The Morgan fingerprint density at radius 2 is 1.35 bits per heavy atom. The van der Waals surface area contributed by atoms with Crippen molar-refractivity contribution in [2.24, 2.45) is 11.7 Å². The van der Waals surface area contributed by atoms with Crippen LogP contribution in [-0.4, -0.2) is 11.2 Å². The molecule has 4 rings (SSSR count). The quantitative estimate of drug-likeness (QED) is 0.543. The largest absolute Gasteiger partial charge is 0.391 e. The summed E-state index contributed by atoms with van der Waals surface area (Å²) in [7, 11) is 0. The van der Waals surface area contributed by atoms with Crippen LogP contribution in [0.2, 0.25) is 0 Å². The maximum atomic E-state index is 10.4. The molecule has 0 radical (unpaired) electrons. The van der Waals surface area contributed by atoms with E-state index in [1.165, 1.54) is 26.9 Å². The Morgan fingerprint density at radius 1 is 0.783 bits per heavy atom. The first-order valence-corrected chi connectivity index (χ1v) is 8.18. The molecular weight excluding hydrogens is 282 g/mol. The molecule has 3 N–H and O–H groups in total. The number of aliphatic hydroxyl groups excluding tert-OH is 1. The minimum atomic E-state index is -0.548. The fourth-order valence-corrected chi connectivity index (χ4v) is 3.65. The van der Waals surface area contributed by atoms with Crippen LogP contribution < -0.4 is 5.73 Å². The predicted molar refractivity (Wildman–Crippen MR) is 97.9 cm³/mol. The Labute approximate surface area is 135 Å². The average Bonchev–Trinajstić information content (AvgIpc) is 2.58. The lowest BCUT2D eigenvalue weighted by Crippen LogP contribution is -2.30. The Hall–Kier alpha value is -2.16. The SMILES string of the molecule is CC(C)[C@H](O)[C@H](N)c1ccc2ccc3cccc4ccc1c2c34. The van der Waals surface area contributed by atoms with Gasteiger partial charge in [-0.05, 0) is 43.8 Å². The van der Waals surface area contributed by atoms with Crippen molar-refractivity contribution < 1.29 is 5.11 Å². The van der Waals surface area contributed by atoms with Gasteiger partial charge in [-0.3, -0.25) is 0 Å². The van der Waals surface area contributed by atoms with Crippen LogP contribution in [0.25, 0.3) is 32.3 Å². The van der Waals surface area contributed by atoms with Crippen molar-refractivity contribution in [1.82, 2.24) is 0 Å². The lowest BCUT2D eigenvalue weighted by Gasteiger charge is -2.24. The summed E-state index contributed by atoms with van der Waals surface area (Å²) in [5.41, 5.74) is 7.41. The Kier molecular flexibility index (Phi) is 3.26. The van der Waals surface area contributed by atoms with Gasteiger partial charge in [0.2, 0.25) is 0 Å². The van der Waals surface area contributed by atoms with Crippen LogP contribution in [0.1, 0.15) is 25.5 Å². The molecule has 23 heavy (non-hydrogen) atoms. The first-order valence-electron chi connectivity index (χ1n) is 8.18. The zero-order chi connectivity index (χ0) is 16.1. The van der Waals surface area contributed by atoms with Gasteiger partial charge >= 0.3 is 0 Å². The number of hydrogen-bond acceptors (Lipinski definition) is 2. The highest BCUT2D eigenvalue weighted by Crippen LogP contribution is 2.38. The van der Waals surface area contributed by atoms with Crippen molar-refractivity contribution in [3.05, 3.63) is 60.2 Å². The van der Waals surface area contributed by atoms with Gasteiger partial charge in [0.05, 0.1) is 12.1 Å². The molecule has 0 unspecified atom stereocenters. The molecule has 0 bridgehead atoms. The van der Waals surface area contributed by atoms with Crippen LogP contribution in [-0.2, 0) is 0 Å². The zero-order valence-electron chi connectivity index (χ0n) is 13.5. The number of aliphatic hydroxyl groups is 1. The van der Waals surface area contributed by atoms with E-state index in [1.807, 2.05) is 13.8 Å². The molecule has 0 spiro atoms. The van der Waals surface area contributed by atoms with Crippen LogP contribution in [0.5, 0.6) is 0 Å². The number of rotatable bonds is 3. The highest BCUT2D eigenvalue weighted by atomic mass is 16.3. The molecule has 4 aromatic rings. The van der Waals surface area contributed by atoms with Crippen molar-refractivity contribution in [2.45, 2.75) is 26.0 Å². The topological polar surface area (TPSA) is 46.2 Å². The normalized spacial score (nSPS) is 15.0. The van der Waals surface area contributed by atoms with E-state index >= 15 is 0 Å². The second-order valence-corrected chi connectivity index (χ2v) is 6.77. The highest BCUT2D eigenvalue weighted by molar-refractivity contribution is 6.23. The Bertz CT molecular complexity index is 973. The number of nitrogens with two attached hydrogens (primary N) is 1. The van der Waals surface area contributed by atoms with Crippen LogP contribution in [0.4, 0.5) is 0 Å². The summed E-state index contributed by atoms with van der Waals surface area (Å²) in [6.45, 7) is 4.00. The summed E-state index contributed by atoms with van der Waals surface area (Å²) in [5.74, 6) is 0.128. The third-order valence-corrected chi connectivity index (χ3v) is 4.97. The molecule has 116 valence electrons. The zero-order valence-corrected chi connectivity index (χ0v) is 13.5. The van der Waals surface area contributed by atoms with Crippen molar-refractivity contribution in [1.29, 1.82) is 0 Å². The maximum absolute atomic E-state index is 10.4. The fourth-order valence-electron chi connectivity index (χ4n) is 3.65. The van der Waals surface area contributed by atoms with Gasteiger partial charge in [0.15, 0.2) is 0 Å². The van der Waals surface area contributed by atoms with Gasteiger partial charge in [0, 0.05) is 0 Å². The average molecular weight is 303 g/mol. The molecule has 2 heteroatoms. The smallest absolute Gasteiger partial charge is 0.0755 e.